The average molecular weight is 433 g/mol. The van der Waals surface area contributed by atoms with Crippen LogP contribution in [-0.4, -0.2) is 48.1 Å². The molecule has 4 nitrogen and oxygen atoms in total. The van der Waals surface area contributed by atoms with Gasteiger partial charge in [0.05, 0.1) is 0 Å². The van der Waals surface area contributed by atoms with Crippen LogP contribution in [0.1, 0.15) is 30.9 Å². The summed E-state index contributed by atoms with van der Waals surface area (Å²) in [7, 11) is 0. The number of nitrogens with two attached hydrogens (primary N) is 2. The molecule has 4 heteroatoms. The van der Waals surface area contributed by atoms with Crippen molar-refractivity contribution in [2.45, 2.75) is 44.9 Å². The smallest absolute Gasteiger partial charge is 0.0233 e. The summed E-state index contributed by atoms with van der Waals surface area (Å²) < 4.78 is 0. The molecule has 2 aliphatic carbocycles. The van der Waals surface area contributed by atoms with E-state index in [1.165, 1.54) is 50.1 Å². The largest absolute Gasteiger partial charge is 0.327 e. The third kappa shape index (κ3) is 4.79. The maximum absolute atomic E-state index is 6.30. The Labute approximate surface area is 194 Å². The first-order chi connectivity index (χ1) is 15.6. The summed E-state index contributed by atoms with van der Waals surface area (Å²) in [4.78, 5) is 5.15. The number of rotatable bonds is 4. The van der Waals surface area contributed by atoms with Crippen molar-refractivity contribution in [3.8, 4) is 0 Å². The quantitative estimate of drug-likeness (QED) is 0.776. The highest BCUT2D eigenvalue weighted by atomic mass is 15.2. The zero-order valence-electron chi connectivity index (χ0n) is 19.5. The molecule has 0 aromatic heterocycles. The minimum absolute atomic E-state index is 0.456. The fourth-order valence-corrected chi connectivity index (χ4v) is 6.70. The van der Waals surface area contributed by atoms with Crippen LogP contribution in [0.15, 0.2) is 60.7 Å². The van der Waals surface area contributed by atoms with Gasteiger partial charge in [-0.2, -0.15) is 0 Å². The van der Waals surface area contributed by atoms with E-state index in [0.717, 1.165) is 42.7 Å². The monoisotopic (exact) mass is 432 g/mol. The van der Waals surface area contributed by atoms with E-state index in [1.54, 1.807) is 0 Å². The minimum Gasteiger partial charge on any atom is -0.327 e. The molecule has 3 saturated heterocycles. The minimum atomic E-state index is 0.456. The Balaban J connectivity index is 0.000000136. The Morgan fingerprint density at radius 1 is 0.656 bits per heavy atom. The molecule has 0 amide bonds. The van der Waals surface area contributed by atoms with Gasteiger partial charge in [-0.15, -0.1) is 0 Å². The van der Waals surface area contributed by atoms with Gasteiger partial charge in [-0.25, -0.2) is 0 Å². The standard InChI is InChI=1S/C15H22N2.C13H18N2/c1-11-7-13-9-17(10-14(11)15(13)16)8-12-5-3-2-4-6-12;14-13-11-6-12(13)9-15(8-11)7-10-4-2-1-3-5-10/h2-6,11,13-15H,7-10,16H2,1H3;1-5,11-13H,6-9,14H2. The summed E-state index contributed by atoms with van der Waals surface area (Å²) in [5.41, 5.74) is 15.2. The lowest BCUT2D eigenvalue weighted by molar-refractivity contribution is -0.00139. The first kappa shape index (κ1) is 22.1. The Kier molecular flexibility index (Phi) is 6.66. The van der Waals surface area contributed by atoms with E-state index >= 15 is 0 Å². The van der Waals surface area contributed by atoms with Crippen LogP contribution in [0.2, 0.25) is 0 Å². The van der Waals surface area contributed by atoms with Crippen molar-refractivity contribution in [1.29, 1.82) is 0 Å². The second-order valence-corrected chi connectivity index (χ2v) is 10.9. The van der Waals surface area contributed by atoms with Crippen molar-refractivity contribution in [1.82, 2.24) is 9.80 Å². The van der Waals surface area contributed by atoms with Crippen LogP contribution in [0, 0.1) is 29.6 Å². The van der Waals surface area contributed by atoms with Crippen LogP contribution in [0.25, 0.3) is 0 Å². The molecule has 3 heterocycles. The number of hydrogen-bond donors (Lipinski definition) is 2. The molecule has 32 heavy (non-hydrogen) atoms. The zero-order chi connectivity index (χ0) is 22.1. The molecule has 5 aliphatic rings. The number of piperidine rings is 3. The molecule has 5 fully saturated rings. The van der Waals surface area contributed by atoms with Crippen molar-refractivity contribution in [3.05, 3.63) is 71.8 Å². The fraction of sp³-hybridized carbons (Fsp3) is 0.571. The van der Waals surface area contributed by atoms with E-state index in [1.807, 2.05) is 0 Å². The van der Waals surface area contributed by atoms with E-state index in [2.05, 4.69) is 77.4 Å². The van der Waals surface area contributed by atoms with E-state index in [4.69, 9.17) is 11.5 Å². The van der Waals surface area contributed by atoms with Crippen molar-refractivity contribution in [2.75, 3.05) is 26.2 Å². The van der Waals surface area contributed by atoms with Crippen molar-refractivity contribution < 1.29 is 0 Å². The zero-order valence-corrected chi connectivity index (χ0v) is 19.5. The highest BCUT2D eigenvalue weighted by Gasteiger charge is 2.44. The molecular formula is C28H40N4. The summed E-state index contributed by atoms with van der Waals surface area (Å²) in [5.74, 6) is 3.81. The van der Waals surface area contributed by atoms with Crippen LogP contribution < -0.4 is 11.5 Å². The first-order valence-electron chi connectivity index (χ1n) is 12.6. The van der Waals surface area contributed by atoms with Gasteiger partial charge >= 0.3 is 0 Å². The van der Waals surface area contributed by atoms with Gasteiger partial charge in [0, 0.05) is 51.4 Å². The highest BCUT2D eigenvalue weighted by Crippen LogP contribution is 2.40. The predicted octanol–water partition coefficient (Wildman–Crippen LogP) is 3.57. The van der Waals surface area contributed by atoms with E-state index in [-0.39, 0.29) is 0 Å². The van der Waals surface area contributed by atoms with E-state index < -0.39 is 0 Å². The Morgan fingerprint density at radius 3 is 1.59 bits per heavy atom. The van der Waals surface area contributed by atoms with Gasteiger partial charge in [-0.3, -0.25) is 9.80 Å². The number of nitrogens with zero attached hydrogens (tertiary/aromatic N) is 2. The van der Waals surface area contributed by atoms with Crippen LogP contribution >= 0.6 is 0 Å². The van der Waals surface area contributed by atoms with Gasteiger partial charge in [-0.05, 0) is 53.6 Å². The summed E-state index contributed by atoms with van der Waals surface area (Å²) in [6.45, 7) is 9.34. The van der Waals surface area contributed by atoms with Crippen molar-refractivity contribution in [3.63, 3.8) is 0 Å². The molecule has 2 aromatic rings. The Bertz CT molecular complexity index is 844. The molecule has 2 saturated carbocycles. The Morgan fingerprint density at radius 2 is 1.12 bits per heavy atom. The number of benzene rings is 2. The van der Waals surface area contributed by atoms with Crippen LogP contribution in [-0.2, 0) is 13.1 Å². The van der Waals surface area contributed by atoms with Gasteiger partial charge in [-0.1, -0.05) is 67.6 Å². The second kappa shape index (κ2) is 9.64. The summed E-state index contributed by atoms with van der Waals surface area (Å²) in [6, 6.07) is 22.5. The Hall–Kier alpha value is -1.72. The number of hydrogen-bond acceptors (Lipinski definition) is 4. The van der Waals surface area contributed by atoms with Crippen LogP contribution in [0.3, 0.4) is 0 Å². The lowest BCUT2D eigenvalue weighted by Gasteiger charge is -2.52. The summed E-state index contributed by atoms with van der Waals surface area (Å²) in [6.07, 6.45) is 2.70. The molecule has 3 aliphatic heterocycles. The molecule has 6 atom stereocenters. The molecular weight excluding hydrogens is 392 g/mol. The molecule has 6 unspecified atom stereocenters. The van der Waals surface area contributed by atoms with Gasteiger partial charge in [0.25, 0.3) is 0 Å². The van der Waals surface area contributed by atoms with Gasteiger partial charge in [0.1, 0.15) is 0 Å². The van der Waals surface area contributed by atoms with Gasteiger partial charge in [0.2, 0.25) is 0 Å². The predicted molar refractivity (Wildman–Crippen MR) is 132 cm³/mol. The molecule has 4 N–H and O–H groups in total. The second-order valence-electron chi connectivity index (χ2n) is 10.9. The molecule has 0 spiro atoms. The topological polar surface area (TPSA) is 58.5 Å². The normalized spacial score (nSPS) is 36.2. The third-order valence-electron chi connectivity index (χ3n) is 8.58. The lowest BCUT2D eigenvalue weighted by atomic mass is 9.67. The fourth-order valence-electron chi connectivity index (χ4n) is 6.70. The number of likely N-dealkylation sites (tertiary alicyclic amines) is 1. The molecule has 4 bridgehead atoms. The average Bonchev–Trinajstić information content (AvgIpc) is 2.97. The molecule has 2 aromatic carbocycles. The van der Waals surface area contributed by atoms with E-state index in [9.17, 15) is 0 Å². The third-order valence-corrected chi connectivity index (χ3v) is 8.58. The maximum Gasteiger partial charge on any atom is 0.0233 e. The van der Waals surface area contributed by atoms with Crippen LogP contribution in [0.5, 0.6) is 0 Å². The highest BCUT2D eigenvalue weighted by molar-refractivity contribution is 5.16. The molecule has 172 valence electrons. The number of fused-ring (bicyclic) bond motifs is 4. The summed E-state index contributed by atoms with van der Waals surface area (Å²) in [5, 5.41) is 0. The van der Waals surface area contributed by atoms with Crippen LogP contribution in [0.4, 0.5) is 0 Å². The lowest BCUT2D eigenvalue weighted by Crippen LogP contribution is -2.61. The molecule has 0 radical (unpaired) electrons. The summed E-state index contributed by atoms with van der Waals surface area (Å²) >= 11 is 0. The maximum atomic E-state index is 6.30. The van der Waals surface area contributed by atoms with E-state index in [0.29, 0.717) is 12.1 Å². The van der Waals surface area contributed by atoms with Crippen molar-refractivity contribution in [2.24, 2.45) is 41.1 Å². The SMILES string of the molecule is CC1CC2CN(Cc3ccccc3)CC1C2N.NC1C2CC1CN(Cc1ccccc1)C2. The first-order valence-corrected chi connectivity index (χ1v) is 12.6. The van der Waals surface area contributed by atoms with Gasteiger partial charge in [0.15, 0.2) is 0 Å². The molecule has 7 rings (SSSR count). The van der Waals surface area contributed by atoms with Gasteiger partial charge < -0.3 is 11.5 Å². The van der Waals surface area contributed by atoms with Crippen molar-refractivity contribution >= 4 is 0 Å².